The summed E-state index contributed by atoms with van der Waals surface area (Å²) in [4.78, 5) is 0. The van der Waals surface area contributed by atoms with Crippen molar-refractivity contribution in [3.05, 3.63) is 41.5 Å². The molecule has 0 aromatic heterocycles. The highest BCUT2D eigenvalue weighted by Crippen LogP contribution is 2.27. The van der Waals surface area contributed by atoms with Crippen LogP contribution in [0.2, 0.25) is 0 Å². The first-order valence-corrected chi connectivity index (χ1v) is 8.29. The molecule has 22 heavy (non-hydrogen) atoms. The summed E-state index contributed by atoms with van der Waals surface area (Å²) in [6.45, 7) is 9.46. The van der Waals surface area contributed by atoms with Gasteiger partial charge in [0.25, 0.3) is 0 Å². The van der Waals surface area contributed by atoms with E-state index in [0.717, 1.165) is 44.5 Å². The molecule has 3 nitrogen and oxygen atoms in total. The van der Waals surface area contributed by atoms with Gasteiger partial charge in [-0.3, -0.25) is 0 Å². The molecule has 1 aromatic rings. The normalized spacial score (nSPS) is 12.2. The van der Waals surface area contributed by atoms with Gasteiger partial charge in [0.05, 0.1) is 13.2 Å². The van der Waals surface area contributed by atoms with Gasteiger partial charge in [-0.05, 0) is 54.5 Å². The lowest BCUT2D eigenvalue weighted by Gasteiger charge is -2.18. The fraction of sp³-hybridized carbons (Fsp3) is 0.579. The first-order chi connectivity index (χ1) is 10.7. The van der Waals surface area contributed by atoms with E-state index in [0.29, 0.717) is 6.61 Å². The molecule has 3 heteroatoms. The van der Waals surface area contributed by atoms with Crippen LogP contribution in [0.4, 0.5) is 0 Å². The lowest BCUT2D eigenvalue weighted by Crippen LogP contribution is -2.23. The molecule has 0 saturated carbocycles. The molecule has 1 aromatic carbocycles. The highest BCUT2D eigenvalue weighted by atomic mass is 16.5. The van der Waals surface area contributed by atoms with Crippen LogP contribution in [0.3, 0.4) is 0 Å². The predicted octanol–water partition coefficient (Wildman–Crippen LogP) is 4.02. The van der Waals surface area contributed by atoms with Gasteiger partial charge in [0, 0.05) is 13.2 Å². The Morgan fingerprint density at radius 2 is 1.95 bits per heavy atom. The standard InChI is InChI=1S/C19H31NO2/c1-5-8-15-13-19(22-10-7-3)16(11-17(15)14-21-4)12-18(20)9-6-2/h5,11,13,18H,1,6-10,12,14,20H2,2-4H3. The Hall–Kier alpha value is -1.32. The van der Waals surface area contributed by atoms with Crippen molar-refractivity contribution in [1.29, 1.82) is 0 Å². The molecular weight excluding hydrogens is 274 g/mol. The molecule has 1 unspecified atom stereocenters. The molecule has 0 bridgehead atoms. The monoisotopic (exact) mass is 305 g/mol. The number of hydrogen-bond donors (Lipinski definition) is 1. The van der Waals surface area contributed by atoms with Gasteiger partial charge in [-0.1, -0.05) is 26.3 Å². The Balaban J connectivity index is 3.11. The molecule has 0 saturated heterocycles. The number of hydrogen-bond acceptors (Lipinski definition) is 3. The lowest BCUT2D eigenvalue weighted by atomic mass is 9.96. The predicted molar refractivity (Wildman–Crippen MR) is 93.4 cm³/mol. The maximum absolute atomic E-state index is 6.23. The van der Waals surface area contributed by atoms with Crippen LogP contribution < -0.4 is 10.5 Å². The second-order valence-corrected chi connectivity index (χ2v) is 5.76. The number of nitrogens with two attached hydrogens (primary N) is 1. The van der Waals surface area contributed by atoms with Gasteiger partial charge in [-0.15, -0.1) is 6.58 Å². The van der Waals surface area contributed by atoms with Gasteiger partial charge >= 0.3 is 0 Å². The zero-order valence-electron chi connectivity index (χ0n) is 14.4. The highest BCUT2D eigenvalue weighted by Gasteiger charge is 2.13. The van der Waals surface area contributed by atoms with Crippen LogP contribution in [0.15, 0.2) is 24.8 Å². The van der Waals surface area contributed by atoms with Crippen molar-refractivity contribution in [2.24, 2.45) is 5.73 Å². The van der Waals surface area contributed by atoms with Crippen LogP contribution in [-0.4, -0.2) is 19.8 Å². The number of allylic oxidation sites excluding steroid dienone is 1. The average molecular weight is 305 g/mol. The first kappa shape index (κ1) is 18.7. The van der Waals surface area contributed by atoms with Crippen molar-refractivity contribution in [1.82, 2.24) is 0 Å². The third kappa shape index (κ3) is 5.82. The maximum Gasteiger partial charge on any atom is 0.122 e. The van der Waals surface area contributed by atoms with Gasteiger partial charge in [0.1, 0.15) is 5.75 Å². The van der Waals surface area contributed by atoms with Crippen molar-refractivity contribution in [2.45, 2.75) is 58.6 Å². The second-order valence-electron chi connectivity index (χ2n) is 5.76. The minimum Gasteiger partial charge on any atom is -0.493 e. The van der Waals surface area contributed by atoms with Crippen LogP contribution in [0.1, 0.15) is 49.8 Å². The molecule has 1 atom stereocenters. The van der Waals surface area contributed by atoms with Crippen molar-refractivity contribution in [2.75, 3.05) is 13.7 Å². The fourth-order valence-electron chi connectivity index (χ4n) is 2.61. The first-order valence-electron chi connectivity index (χ1n) is 8.29. The van der Waals surface area contributed by atoms with E-state index in [1.165, 1.54) is 16.7 Å². The number of rotatable bonds is 11. The number of methoxy groups -OCH3 is 1. The molecule has 0 radical (unpaired) electrons. The van der Waals surface area contributed by atoms with E-state index in [9.17, 15) is 0 Å². The largest absolute Gasteiger partial charge is 0.493 e. The second kappa shape index (κ2) is 10.4. The van der Waals surface area contributed by atoms with Crippen molar-refractivity contribution >= 4 is 0 Å². The third-order valence-corrected chi connectivity index (χ3v) is 3.65. The van der Waals surface area contributed by atoms with E-state index < -0.39 is 0 Å². The SMILES string of the molecule is C=CCc1cc(OCCC)c(CC(N)CCC)cc1COC. The topological polar surface area (TPSA) is 44.5 Å². The third-order valence-electron chi connectivity index (χ3n) is 3.65. The molecule has 124 valence electrons. The van der Waals surface area contributed by atoms with Crippen molar-refractivity contribution in [3.8, 4) is 5.75 Å². The van der Waals surface area contributed by atoms with E-state index in [2.05, 4.69) is 32.6 Å². The summed E-state index contributed by atoms with van der Waals surface area (Å²) < 4.78 is 11.3. The van der Waals surface area contributed by atoms with Gasteiger partial charge in [0.2, 0.25) is 0 Å². The molecule has 1 rings (SSSR count). The molecule has 0 spiro atoms. The molecule has 0 aliphatic rings. The zero-order valence-corrected chi connectivity index (χ0v) is 14.4. The van der Waals surface area contributed by atoms with Crippen LogP contribution in [0.5, 0.6) is 5.75 Å². The maximum atomic E-state index is 6.23. The lowest BCUT2D eigenvalue weighted by molar-refractivity contribution is 0.184. The summed E-state index contributed by atoms with van der Waals surface area (Å²) in [5.41, 5.74) is 9.84. The van der Waals surface area contributed by atoms with Gasteiger partial charge in [-0.25, -0.2) is 0 Å². The minimum atomic E-state index is 0.176. The average Bonchev–Trinajstić information content (AvgIpc) is 2.49. The summed E-state index contributed by atoms with van der Waals surface area (Å²) in [5.74, 6) is 0.963. The Morgan fingerprint density at radius 1 is 1.18 bits per heavy atom. The fourth-order valence-corrected chi connectivity index (χ4v) is 2.61. The summed E-state index contributed by atoms with van der Waals surface area (Å²) in [6, 6.07) is 4.51. The molecule has 0 aliphatic heterocycles. The summed E-state index contributed by atoms with van der Waals surface area (Å²) >= 11 is 0. The highest BCUT2D eigenvalue weighted by molar-refractivity contribution is 5.44. The van der Waals surface area contributed by atoms with Crippen molar-refractivity contribution in [3.63, 3.8) is 0 Å². The van der Waals surface area contributed by atoms with Gasteiger partial charge in [-0.2, -0.15) is 0 Å². The number of ether oxygens (including phenoxy) is 2. The van der Waals surface area contributed by atoms with E-state index in [-0.39, 0.29) is 6.04 Å². The van der Waals surface area contributed by atoms with Crippen LogP contribution >= 0.6 is 0 Å². The van der Waals surface area contributed by atoms with Gasteiger partial charge < -0.3 is 15.2 Å². The molecule has 2 N–H and O–H groups in total. The minimum absolute atomic E-state index is 0.176. The molecule has 0 amide bonds. The molecule has 0 fully saturated rings. The van der Waals surface area contributed by atoms with E-state index in [1.54, 1.807) is 7.11 Å². The Labute approximate surface area is 135 Å². The Bertz CT molecular complexity index is 457. The quantitative estimate of drug-likeness (QED) is 0.628. The van der Waals surface area contributed by atoms with E-state index in [1.807, 2.05) is 6.08 Å². The zero-order chi connectivity index (χ0) is 16.4. The molecule has 0 aliphatic carbocycles. The summed E-state index contributed by atoms with van der Waals surface area (Å²) in [5, 5.41) is 0. The summed E-state index contributed by atoms with van der Waals surface area (Å²) in [6.07, 6.45) is 6.71. The van der Waals surface area contributed by atoms with Crippen molar-refractivity contribution < 1.29 is 9.47 Å². The Kier molecular flexibility index (Phi) is 8.86. The smallest absolute Gasteiger partial charge is 0.122 e. The Morgan fingerprint density at radius 3 is 2.55 bits per heavy atom. The van der Waals surface area contributed by atoms with E-state index in [4.69, 9.17) is 15.2 Å². The summed E-state index contributed by atoms with van der Waals surface area (Å²) in [7, 11) is 1.72. The van der Waals surface area contributed by atoms with Crippen LogP contribution in [0, 0.1) is 0 Å². The molecule has 0 heterocycles. The number of benzene rings is 1. The van der Waals surface area contributed by atoms with Crippen LogP contribution in [-0.2, 0) is 24.2 Å². The van der Waals surface area contributed by atoms with Gasteiger partial charge in [0.15, 0.2) is 0 Å². The van der Waals surface area contributed by atoms with E-state index >= 15 is 0 Å². The molecular formula is C19H31NO2. The van der Waals surface area contributed by atoms with Crippen LogP contribution in [0.25, 0.3) is 0 Å².